The third kappa shape index (κ3) is 2.09. The molecule has 2 fully saturated rings. The standard InChI is InChI=1S/C15H25N3/c1-4-16-15(13-8-11-7-12(11)9-13)14-5-6-17-18(14)10(2)3/h5-6,10-13,15-16H,4,7-9H2,1-3H3. The van der Waals surface area contributed by atoms with Crippen molar-refractivity contribution in [3.05, 3.63) is 18.0 Å². The highest BCUT2D eigenvalue weighted by atomic mass is 15.3. The van der Waals surface area contributed by atoms with Crippen molar-refractivity contribution in [2.45, 2.75) is 52.1 Å². The fourth-order valence-corrected chi connectivity index (χ4v) is 3.77. The molecule has 3 heteroatoms. The second-order valence-corrected chi connectivity index (χ2v) is 6.32. The van der Waals surface area contributed by atoms with Gasteiger partial charge in [0.2, 0.25) is 0 Å². The van der Waals surface area contributed by atoms with E-state index in [-0.39, 0.29) is 0 Å². The number of nitrogens with zero attached hydrogens (tertiary/aromatic N) is 2. The predicted octanol–water partition coefficient (Wildman–Crippen LogP) is 3.16. The van der Waals surface area contributed by atoms with E-state index in [1.165, 1.54) is 25.0 Å². The summed E-state index contributed by atoms with van der Waals surface area (Å²) in [5, 5.41) is 8.20. The van der Waals surface area contributed by atoms with Gasteiger partial charge in [-0.2, -0.15) is 5.10 Å². The van der Waals surface area contributed by atoms with Crippen molar-refractivity contribution >= 4 is 0 Å². The molecule has 0 radical (unpaired) electrons. The monoisotopic (exact) mass is 247 g/mol. The summed E-state index contributed by atoms with van der Waals surface area (Å²) in [5.41, 5.74) is 1.39. The first-order chi connectivity index (χ1) is 8.70. The summed E-state index contributed by atoms with van der Waals surface area (Å²) >= 11 is 0. The number of rotatable bonds is 5. The lowest BCUT2D eigenvalue weighted by molar-refractivity contribution is 0.321. The molecule has 0 spiro atoms. The average molecular weight is 247 g/mol. The van der Waals surface area contributed by atoms with Crippen molar-refractivity contribution in [3.8, 4) is 0 Å². The van der Waals surface area contributed by atoms with E-state index in [0.717, 1.165) is 24.3 Å². The second-order valence-electron chi connectivity index (χ2n) is 6.32. The first-order valence-electron chi connectivity index (χ1n) is 7.47. The van der Waals surface area contributed by atoms with Crippen molar-refractivity contribution in [1.29, 1.82) is 0 Å². The van der Waals surface area contributed by atoms with Crippen LogP contribution in [0.4, 0.5) is 0 Å². The van der Waals surface area contributed by atoms with Crippen LogP contribution >= 0.6 is 0 Å². The molecule has 0 amide bonds. The minimum atomic E-state index is 0.451. The minimum Gasteiger partial charge on any atom is -0.309 e. The van der Waals surface area contributed by atoms with Crippen LogP contribution in [0.2, 0.25) is 0 Å². The van der Waals surface area contributed by atoms with Gasteiger partial charge in [-0.15, -0.1) is 0 Å². The summed E-state index contributed by atoms with van der Waals surface area (Å²) in [6, 6.07) is 3.16. The van der Waals surface area contributed by atoms with Crippen molar-refractivity contribution in [2.24, 2.45) is 17.8 Å². The fraction of sp³-hybridized carbons (Fsp3) is 0.800. The van der Waals surface area contributed by atoms with Gasteiger partial charge in [0.1, 0.15) is 0 Å². The molecule has 2 saturated carbocycles. The molecule has 1 aromatic heterocycles. The van der Waals surface area contributed by atoms with E-state index in [4.69, 9.17) is 0 Å². The fourth-order valence-electron chi connectivity index (χ4n) is 3.77. The molecule has 0 aliphatic heterocycles. The van der Waals surface area contributed by atoms with Crippen LogP contribution in [-0.2, 0) is 0 Å². The third-order valence-electron chi connectivity index (χ3n) is 4.68. The molecule has 2 aliphatic rings. The topological polar surface area (TPSA) is 29.9 Å². The first kappa shape index (κ1) is 12.2. The van der Waals surface area contributed by atoms with Crippen LogP contribution in [0.3, 0.4) is 0 Å². The van der Waals surface area contributed by atoms with Crippen molar-refractivity contribution < 1.29 is 0 Å². The molecule has 1 aromatic rings. The Kier molecular flexibility index (Phi) is 3.18. The zero-order valence-corrected chi connectivity index (χ0v) is 11.8. The molecule has 0 saturated heterocycles. The second kappa shape index (κ2) is 4.69. The maximum Gasteiger partial charge on any atom is 0.0559 e. The van der Waals surface area contributed by atoms with E-state index in [2.05, 4.69) is 41.9 Å². The molecule has 18 heavy (non-hydrogen) atoms. The molecule has 3 atom stereocenters. The van der Waals surface area contributed by atoms with E-state index in [0.29, 0.717) is 12.1 Å². The van der Waals surface area contributed by atoms with Crippen molar-refractivity contribution in [2.75, 3.05) is 6.54 Å². The molecule has 3 nitrogen and oxygen atoms in total. The summed E-state index contributed by atoms with van der Waals surface area (Å²) in [6.07, 6.45) is 6.30. The van der Waals surface area contributed by atoms with Crippen molar-refractivity contribution in [1.82, 2.24) is 15.1 Å². The molecule has 1 N–H and O–H groups in total. The lowest BCUT2D eigenvalue weighted by Crippen LogP contribution is -2.30. The van der Waals surface area contributed by atoms with E-state index < -0.39 is 0 Å². The molecule has 0 aromatic carbocycles. The summed E-state index contributed by atoms with van der Waals surface area (Å²) in [6.45, 7) is 7.68. The Morgan fingerprint density at radius 2 is 2.06 bits per heavy atom. The molecule has 3 unspecified atom stereocenters. The maximum atomic E-state index is 4.50. The highest BCUT2D eigenvalue weighted by molar-refractivity contribution is 5.12. The Bertz CT molecular complexity index is 400. The van der Waals surface area contributed by atoms with Crippen LogP contribution in [-0.4, -0.2) is 16.3 Å². The third-order valence-corrected chi connectivity index (χ3v) is 4.68. The molecular weight excluding hydrogens is 222 g/mol. The Balaban J connectivity index is 1.81. The van der Waals surface area contributed by atoms with Gasteiger partial charge in [0.15, 0.2) is 0 Å². The maximum absolute atomic E-state index is 4.50. The van der Waals surface area contributed by atoms with Gasteiger partial charge in [0.25, 0.3) is 0 Å². The molecule has 0 bridgehead atoms. The molecule has 100 valence electrons. The van der Waals surface area contributed by atoms with Gasteiger partial charge in [0.05, 0.1) is 11.7 Å². The van der Waals surface area contributed by atoms with Crippen LogP contribution in [0.15, 0.2) is 12.3 Å². The van der Waals surface area contributed by atoms with Gasteiger partial charge in [-0.25, -0.2) is 0 Å². The number of aromatic nitrogens is 2. The number of hydrogen-bond acceptors (Lipinski definition) is 2. The Hall–Kier alpha value is -0.830. The summed E-state index contributed by atoms with van der Waals surface area (Å²) < 4.78 is 2.19. The van der Waals surface area contributed by atoms with Gasteiger partial charge in [-0.05, 0) is 63.5 Å². The number of hydrogen-bond donors (Lipinski definition) is 1. The van der Waals surface area contributed by atoms with Gasteiger partial charge in [0, 0.05) is 12.2 Å². The Morgan fingerprint density at radius 3 is 2.67 bits per heavy atom. The highest BCUT2D eigenvalue weighted by Gasteiger charge is 2.48. The van der Waals surface area contributed by atoms with Crippen LogP contribution < -0.4 is 5.32 Å². The SMILES string of the molecule is CCNC(c1ccnn1C(C)C)C1CC2CC2C1. The van der Waals surface area contributed by atoms with E-state index >= 15 is 0 Å². The summed E-state index contributed by atoms with van der Waals surface area (Å²) in [5.74, 6) is 2.92. The average Bonchev–Trinajstić information content (AvgIpc) is 2.82. The zero-order valence-electron chi connectivity index (χ0n) is 11.8. The van der Waals surface area contributed by atoms with Crippen LogP contribution in [0.5, 0.6) is 0 Å². The van der Waals surface area contributed by atoms with Gasteiger partial charge in [-0.3, -0.25) is 4.68 Å². The Labute approximate surface area is 110 Å². The van der Waals surface area contributed by atoms with Crippen LogP contribution in [0.25, 0.3) is 0 Å². The van der Waals surface area contributed by atoms with E-state index in [1.54, 1.807) is 0 Å². The van der Waals surface area contributed by atoms with Crippen LogP contribution in [0, 0.1) is 17.8 Å². The molecular formula is C15H25N3. The number of fused-ring (bicyclic) bond motifs is 1. The van der Waals surface area contributed by atoms with Crippen molar-refractivity contribution in [3.63, 3.8) is 0 Å². The zero-order chi connectivity index (χ0) is 12.7. The molecule has 2 aliphatic carbocycles. The highest BCUT2D eigenvalue weighted by Crippen LogP contribution is 2.57. The van der Waals surface area contributed by atoms with E-state index in [9.17, 15) is 0 Å². The van der Waals surface area contributed by atoms with Gasteiger partial charge < -0.3 is 5.32 Å². The van der Waals surface area contributed by atoms with E-state index in [1.807, 2.05) is 6.20 Å². The Morgan fingerprint density at radius 1 is 1.33 bits per heavy atom. The smallest absolute Gasteiger partial charge is 0.0559 e. The summed E-state index contributed by atoms with van der Waals surface area (Å²) in [4.78, 5) is 0. The molecule has 3 rings (SSSR count). The summed E-state index contributed by atoms with van der Waals surface area (Å²) in [7, 11) is 0. The van der Waals surface area contributed by atoms with Crippen LogP contribution in [0.1, 0.15) is 57.8 Å². The first-order valence-corrected chi connectivity index (χ1v) is 7.47. The van der Waals surface area contributed by atoms with Gasteiger partial charge in [-0.1, -0.05) is 6.92 Å². The lowest BCUT2D eigenvalue weighted by atomic mass is 9.92. The molecule has 1 heterocycles. The normalized spacial score (nSPS) is 31.7. The number of nitrogens with one attached hydrogen (secondary N) is 1. The predicted molar refractivity (Wildman–Crippen MR) is 73.4 cm³/mol. The lowest BCUT2D eigenvalue weighted by Gasteiger charge is -2.27. The largest absolute Gasteiger partial charge is 0.309 e. The van der Waals surface area contributed by atoms with Gasteiger partial charge >= 0.3 is 0 Å². The quantitative estimate of drug-likeness (QED) is 0.866. The minimum absolute atomic E-state index is 0.451.